The van der Waals surface area contributed by atoms with E-state index in [0.717, 1.165) is 29.1 Å². The predicted octanol–water partition coefficient (Wildman–Crippen LogP) is 3.18. The van der Waals surface area contributed by atoms with Crippen molar-refractivity contribution in [3.8, 4) is 0 Å². The van der Waals surface area contributed by atoms with Crippen LogP contribution in [0.5, 0.6) is 0 Å². The highest BCUT2D eigenvalue weighted by atomic mass is 33.1. The molecule has 0 atom stereocenters. The van der Waals surface area contributed by atoms with Crippen LogP contribution in [0.3, 0.4) is 0 Å². The second-order valence-corrected chi connectivity index (χ2v) is 7.26. The van der Waals surface area contributed by atoms with Gasteiger partial charge in [0.05, 0.1) is 23.6 Å². The molecule has 0 aromatic heterocycles. The molecular weight excluding hydrogens is 312 g/mol. The summed E-state index contributed by atoms with van der Waals surface area (Å²) in [6, 6.07) is 16.4. The SMILES string of the molecule is CSSN1Cc2ccccc2/C(NN)=C(/N)c2ccccc21. The molecule has 2 aromatic rings. The van der Waals surface area contributed by atoms with Crippen LogP contribution in [-0.2, 0) is 6.54 Å². The number of fused-ring (bicyclic) bond motifs is 2. The van der Waals surface area contributed by atoms with Gasteiger partial charge in [-0.3, -0.25) is 5.84 Å². The largest absolute Gasteiger partial charge is 0.396 e. The number of para-hydroxylation sites is 1. The van der Waals surface area contributed by atoms with E-state index in [1.165, 1.54) is 5.56 Å². The Labute approximate surface area is 138 Å². The molecule has 114 valence electrons. The Morgan fingerprint density at radius 3 is 2.45 bits per heavy atom. The summed E-state index contributed by atoms with van der Waals surface area (Å²) in [4.78, 5) is 0. The van der Waals surface area contributed by atoms with E-state index in [9.17, 15) is 0 Å². The molecule has 5 N–H and O–H groups in total. The first-order valence-electron chi connectivity index (χ1n) is 6.88. The number of benzene rings is 2. The van der Waals surface area contributed by atoms with E-state index >= 15 is 0 Å². The van der Waals surface area contributed by atoms with Crippen molar-refractivity contribution in [1.29, 1.82) is 0 Å². The van der Waals surface area contributed by atoms with E-state index in [0.29, 0.717) is 5.70 Å². The van der Waals surface area contributed by atoms with E-state index in [1.807, 2.05) is 36.4 Å². The zero-order chi connectivity index (χ0) is 15.5. The van der Waals surface area contributed by atoms with Crippen molar-refractivity contribution in [1.82, 2.24) is 5.43 Å². The van der Waals surface area contributed by atoms with E-state index < -0.39 is 0 Å². The summed E-state index contributed by atoms with van der Waals surface area (Å²) in [7, 11) is 3.43. The summed E-state index contributed by atoms with van der Waals surface area (Å²) in [5.41, 5.74) is 15.0. The van der Waals surface area contributed by atoms with Gasteiger partial charge in [0.1, 0.15) is 0 Å². The van der Waals surface area contributed by atoms with Crippen LogP contribution in [0.1, 0.15) is 16.7 Å². The summed E-state index contributed by atoms with van der Waals surface area (Å²) in [6.45, 7) is 0.789. The van der Waals surface area contributed by atoms with Crippen molar-refractivity contribution in [2.24, 2.45) is 11.6 Å². The smallest absolute Gasteiger partial charge is 0.0799 e. The first-order chi connectivity index (χ1) is 10.8. The molecule has 3 rings (SSSR count). The van der Waals surface area contributed by atoms with Crippen LogP contribution in [0.2, 0.25) is 0 Å². The van der Waals surface area contributed by atoms with E-state index in [2.05, 4.69) is 28.1 Å². The predicted molar refractivity (Wildman–Crippen MR) is 98.5 cm³/mol. The van der Waals surface area contributed by atoms with Gasteiger partial charge in [0.25, 0.3) is 0 Å². The second kappa shape index (κ2) is 6.56. The van der Waals surface area contributed by atoms with Gasteiger partial charge in [0.15, 0.2) is 0 Å². The average molecular weight is 330 g/mol. The fourth-order valence-corrected chi connectivity index (χ4v) is 4.20. The molecule has 6 heteroatoms. The van der Waals surface area contributed by atoms with E-state index in [1.54, 1.807) is 21.8 Å². The molecule has 1 aliphatic rings. The Balaban J connectivity index is 2.27. The van der Waals surface area contributed by atoms with Crippen molar-refractivity contribution < 1.29 is 0 Å². The number of anilines is 1. The molecule has 0 aliphatic carbocycles. The molecule has 2 aromatic carbocycles. The third-order valence-corrected chi connectivity index (χ3v) is 5.28. The van der Waals surface area contributed by atoms with Gasteiger partial charge in [-0.15, -0.1) is 0 Å². The van der Waals surface area contributed by atoms with Gasteiger partial charge in [0.2, 0.25) is 0 Å². The first kappa shape index (κ1) is 15.1. The molecule has 4 nitrogen and oxygen atoms in total. The molecule has 0 amide bonds. The van der Waals surface area contributed by atoms with Gasteiger partial charge in [-0.1, -0.05) is 53.3 Å². The zero-order valence-corrected chi connectivity index (χ0v) is 13.9. The van der Waals surface area contributed by atoms with E-state index in [4.69, 9.17) is 11.6 Å². The number of nitrogens with two attached hydrogens (primary N) is 2. The number of nitrogens with one attached hydrogen (secondary N) is 1. The molecule has 22 heavy (non-hydrogen) atoms. The van der Waals surface area contributed by atoms with Crippen LogP contribution in [0.25, 0.3) is 11.4 Å². The van der Waals surface area contributed by atoms with Gasteiger partial charge >= 0.3 is 0 Å². The molecule has 1 heterocycles. The molecule has 0 saturated heterocycles. The number of hydrazine groups is 1. The lowest BCUT2D eigenvalue weighted by molar-refractivity contribution is 0.968. The minimum absolute atomic E-state index is 0.664. The summed E-state index contributed by atoms with van der Waals surface area (Å²) in [5.74, 6) is 5.77. The fourth-order valence-electron chi connectivity index (χ4n) is 2.65. The van der Waals surface area contributed by atoms with Crippen molar-refractivity contribution >= 4 is 38.9 Å². The minimum Gasteiger partial charge on any atom is -0.396 e. The van der Waals surface area contributed by atoms with Crippen LogP contribution in [0, 0.1) is 0 Å². The lowest BCUT2D eigenvalue weighted by Gasteiger charge is -2.29. The molecule has 0 radical (unpaired) electrons. The summed E-state index contributed by atoms with van der Waals surface area (Å²) < 4.78 is 2.26. The quantitative estimate of drug-likeness (QED) is 0.348. The summed E-state index contributed by atoms with van der Waals surface area (Å²) >= 11 is 0. The van der Waals surface area contributed by atoms with Crippen molar-refractivity contribution in [2.75, 3.05) is 10.6 Å². The Kier molecular flexibility index (Phi) is 4.52. The highest BCUT2D eigenvalue weighted by molar-refractivity contribution is 8.76. The Bertz CT molecular complexity index is 715. The molecule has 1 aliphatic heterocycles. The van der Waals surface area contributed by atoms with Crippen LogP contribution in [-0.4, -0.2) is 6.26 Å². The number of nitrogens with zero attached hydrogens (tertiary/aromatic N) is 1. The molecule has 0 fully saturated rings. The molecule has 0 bridgehead atoms. The lowest BCUT2D eigenvalue weighted by atomic mass is 9.97. The van der Waals surface area contributed by atoms with Crippen LogP contribution in [0.15, 0.2) is 48.5 Å². The Morgan fingerprint density at radius 1 is 1.05 bits per heavy atom. The molecule has 0 spiro atoms. The number of hydrogen-bond donors (Lipinski definition) is 3. The third-order valence-electron chi connectivity index (χ3n) is 3.64. The maximum Gasteiger partial charge on any atom is 0.0799 e. The topological polar surface area (TPSA) is 67.3 Å². The van der Waals surface area contributed by atoms with E-state index in [-0.39, 0.29) is 0 Å². The minimum atomic E-state index is 0.664. The molecule has 0 saturated carbocycles. The van der Waals surface area contributed by atoms with Gasteiger partial charge < -0.3 is 15.5 Å². The molecule has 0 unspecified atom stereocenters. The Morgan fingerprint density at radius 2 is 1.73 bits per heavy atom. The van der Waals surface area contributed by atoms with Gasteiger partial charge in [-0.05, 0) is 17.9 Å². The first-order valence-corrected chi connectivity index (χ1v) is 9.40. The maximum atomic E-state index is 6.44. The summed E-state index contributed by atoms with van der Waals surface area (Å²) in [5, 5.41) is 0. The van der Waals surface area contributed by atoms with Crippen molar-refractivity contribution in [2.45, 2.75) is 6.54 Å². The van der Waals surface area contributed by atoms with Crippen LogP contribution in [0.4, 0.5) is 5.69 Å². The average Bonchev–Trinajstić information content (AvgIpc) is 2.55. The van der Waals surface area contributed by atoms with Crippen LogP contribution >= 0.6 is 21.8 Å². The maximum absolute atomic E-state index is 6.44. The standard InChI is InChI=1S/C16H18N4S2/c1-21-22-20-10-11-6-2-3-7-12(11)16(19-18)15(17)13-8-4-5-9-14(13)20/h2-9,19H,10,17-18H2,1H3/b16-15-. The third kappa shape index (κ3) is 2.65. The van der Waals surface area contributed by atoms with Gasteiger partial charge in [0, 0.05) is 22.1 Å². The Hall–Kier alpha value is -1.76. The summed E-state index contributed by atoms with van der Waals surface area (Å²) in [6.07, 6.45) is 2.07. The van der Waals surface area contributed by atoms with Gasteiger partial charge in [-0.2, -0.15) is 0 Å². The number of hydrogen-bond acceptors (Lipinski definition) is 6. The highest BCUT2D eigenvalue weighted by Gasteiger charge is 2.22. The monoisotopic (exact) mass is 330 g/mol. The molecular formula is C16H18N4S2. The fraction of sp³-hybridized carbons (Fsp3) is 0.125. The van der Waals surface area contributed by atoms with Gasteiger partial charge in [-0.25, -0.2) is 0 Å². The number of rotatable bonds is 3. The normalized spacial score (nSPS) is 17.3. The van der Waals surface area contributed by atoms with Crippen molar-refractivity contribution in [3.05, 3.63) is 65.2 Å². The second-order valence-electron chi connectivity index (χ2n) is 4.89. The van der Waals surface area contributed by atoms with Crippen LogP contribution < -0.4 is 21.3 Å². The van der Waals surface area contributed by atoms with Crippen molar-refractivity contribution in [3.63, 3.8) is 0 Å². The zero-order valence-electron chi connectivity index (χ0n) is 12.2. The lowest BCUT2D eigenvalue weighted by Crippen LogP contribution is -2.27. The highest BCUT2D eigenvalue weighted by Crippen LogP contribution is 2.39.